The molecule has 6 rings (SSSR count). The highest BCUT2D eigenvalue weighted by atomic mass is 19.4. The minimum Gasteiger partial charge on any atom is -0.495 e. The number of hydrogen-bond acceptors (Lipinski definition) is 9. The first-order chi connectivity index (χ1) is 20.7. The van der Waals surface area contributed by atoms with Crippen LogP contribution in [0, 0.1) is 11.7 Å². The highest BCUT2D eigenvalue weighted by molar-refractivity contribution is 5.95. The predicted molar refractivity (Wildman–Crippen MR) is 156 cm³/mol. The molecule has 2 N–H and O–H groups in total. The molecule has 0 aliphatic carbocycles. The number of benzene rings is 2. The maximum Gasteiger partial charge on any atom is 0.395 e. The van der Waals surface area contributed by atoms with Crippen molar-refractivity contribution in [1.29, 1.82) is 0 Å². The molecule has 0 spiro atoms. The van der Waals surface area contributed by atoms with Crippen molar-refractivity contribution < 1.29 is 27.0 Å². The summed E-state index contributed by atoms with van der Waals surface area (Å²) in [6.07, 6.45) is 0.633. The Labute approximate surface area is 245 Å². The lowest BCUT2D eigenvalue weighted by Crippen LogP contribution is -2.53. The van der Waals surface area contributed by atoms with Crippen molar-refractivity contribution in [2.24, 2.45) is 5.92 Å². The van der Waals surface area contributed by atoms with Crippen LogP contribution in [-0.4, -0.2) is 72.4 Å². The van der Waals surface area contributed by atoms with E-state index in [-0.39, 0.29) is 24.5 Å². The van der Waals surface area contributed by atoms with Crippen molar-refractivity contribution >= 4 is 33.9 Å². The molecular weight excluding hydrogens is 566 g/mol. The van der Waals surface area contributed by atoms with Gasteiger partial charge in [0.25, 0.3) is 0 Å². The maximum atomic E-state index is 15.3. The number of ether oxygens (including phenoxy) is 2. The van der Waals surface area contributed by atoms with Gasteiger partial charge in [-0.15, -0.1) is 0 Å². The zero-order valence-corrected chi connectivity index (χ0v) is 23.7. The summed E-state index contributed by atoms with van der Waals surface area (Å²) in [4.78, 5) is 16.7. The summed E-state index contributed by atoms with van der Waals surface area (Å²) in [6.45, 7) is 1.70. The number of likely N-dealkylation sites (tertiary alicyclic amines) is 1. The number of nitrogens with one attached hydrogen (secondary N) is 2. The third-order valence-corrected chi connectivity index (χ3v) is 7.85. The summed E-state index contributed by atoms with van der Waals surface area (Å²) in [6, 6.07) is 11.5. The molecule has 13 heteroatoms. The average Bonchev–Trinajstić information content (AvgIpc) is 2.94. The maximum absolute atomic E-state index is 15.3. The predicted octanol–water partition coefficient (Wildman–Crippen LogP) is 6.21. The summed E-state index contributed by atoms with van der Waals surface area (Å²) in [7, 11) is 3.73. The lowest BCUT2D eigenvalue weighted by atomic mass is 10.00. The Kier molecular flexibility index (Phi) is 7.82. The Morgan fingerprint density at radius 3 is 2.42 bits per heavy atom. The number of piperidine rings is 1. The summed E-state index contributed by atoms with van der Waals surface area (Å²) in [5, 5.41) is 7.36. The molecule has 0 unspecified atom stereocenters. The number of nitrogens with zero attached hydrogens (tertiary/aromatic N) is 5. The van der Waals surface area contributed by atoms with Gasteiger partial charge in [0.1, 0.15) is 41.0 Å². The zero-order valence-electron chi connectivity index (χ0n) is 23.7. The van der Waals surface area contributed by atoms with Gasteiger partial charge in [-0.25, -0.2) is 19.3 Å². The molecule has 2 aliphatic rings. The Balaban J connectivity index is 1.17. The molecule has 43 heavy (non-hydrogen) atoms. The molecule has 226 valence electrons. The van der Waals surface area contributed by atoms with Gasteiger partial charge in [0.2, 0.25) is 0 Å². The van der Waals surface area contributed by atoms with Gasteiger partial charge in [0.15, 0.2) is 0 Å². The fourth-order valence-corrected chi connectivity index (χ4v) is 5.27. The minimum absolute atomic E-state index is 0.158. The van der Waals surface area contributed by atoms with Crippen molar-refractivity contribution in [1.82, 2.24) is 19.9 Å². The number of pyridine rings is 1. The van der Waals surface area contributed by atoms with Crippen LogP contribution < -0.4 is 25.0 Å². The fraction of sp³-hybridized carbons (Fsp3) is 0.367. The van der Waals surface area contributed by atoms with Gasteiger partial charge >= 0.3 is 6.18 Å². The van der Waals surface area contributed by atoms with E-state index in [4.69, 9.17) is 9.47 Å². The standard InChI is InChI=1S/C30H31F4N7O2/c1-40-9-6-19(7-10-40)38-26-13-22-25(14-27(26)42-2)36-17-37-29(22)39-24-4-3-20(11-23(24)31)43-21-5-8-35-28(12-21)41-15-18(16-41)30(32,33)34/h3-5,8,11-14,17-19,38H,6-7,9-10,15-16H2,1-2H3,(H,36,37,39). The monoisotopic (exact) mass is 597 g/mol. The van der Waals surface area contributed by atoms with Gasteiger partial charge in [0.05, 0.1) is 29.9 Å². The molecule has 0 saturated carbocycles. The lowest BCUT2D eigenvalue weighted by Gasteiger charge is -2.40. The van der Waals surface area contributed by atoms with E-state index in [1.807, 2.05) is 12.1 Å². The third kappa shape index (κ3) is 6.36. The van der Waals surface area contributed by atoms with Gasteiger partial charge < -0.3 is 29.9 Å². The number of methoxy groups -OCH3 is 1. The van der Waals surface area contributed by atoms with Gasteiger partial charge in [-0.2, -0.15) is 13.2 Å². The van der Waals surface area contributed by atoms with Crippen LogP contribution in [0.25, 0.3) is 10.9 Å². The van der Waals surface area contributed by atoms with Crippen LogP contribution >= 0.6 is 0 Å². The zero-order chi connectivity index (χ0) is 30.1. The van der Waals surface area contributed by atoms with E-state index in [0.29, 0.717) is 40.1 Å². The molecule has 2 aromatic carbocycles. The van der Waals surface area contributed by atoms with Crippen LogP contribution in [-0.2, 0) is 0 Å². The number of fused-ring (bicyclic) bond motifs is 1. The number of aromatic nitrogens is 3. The summed E-state index contributed by atoms with van der Waals surface area (Å²) in [5.74, 6) is 0.0690. The first-order valence-electron chi connectivity index (χ1n) is 14.0. The summed E-state index contributed by atoms with van der Waals surface area (Å²) >= 11 is 0. The fourth-order valence-electron chi connectivity index (χ4n) is 5.27. The van der Waals surface area contributed by atoms with Crippen LogP contribution in [0.15, 0.2) is 55.0 Å². The van der Waals surface area contributed by atoms with Crippen molar-refractivity contribution in [2.75, 3.05) is 55.9 Å². The smallest absolute Gasteiger partial charge is 0.395 e. The molecule has 0 atom stereocenters. The number of hydrogen-bond donors (Lipinski definition) is 2. The van der Waals surface area contributed by atoms with Crippen LogP contribution in [0.2, 0.25) is 0 Å². The lowest BCUT2D eigenvalue weighted by molar-refractivity contribution is -0.180. The first kappa shape index (κ1) is 28.7. The van der Waals surface area contributed by atoms with Crippen LogP contribution in [0.1, 0.15) is 12.8 Å². The molecule has 2 fully saturated rings. The van der Waals surface area contributed by atoms with E-state index in [9.17, 15) is 13.2 Å². The summed E-state index contributed by atoms with van der Waals surface area (Å²) in [5.41, 5.74) is 1.64. The van der Waals surface area contributed by atoms with E-state index >= 15 is 4.39 Å². The van der Waals surface area contributed by atoms with E-state index in [2.05, 4.69) is 37.5 Å². The normalized spacial score (nSPS) is 16.7. The van der Waals surface area contributed by atoms with Gasteiger partial charge in [0, 0.05) is 48.9 Å². The highest BCUT2D eigenvalue weighted by Gasteiger charge is 2.47. The summed E-state index contributed by atoms with van der Waals surface area (Å²) < 4.78 is 65.3. The van der Waals surface area contributed by atoms with Crippen LogP contribution in [0.4, 0.5) is 40.6 Å². The molecule has 4 heterocycles. The topological polar surface area (TPSA) is 87.7 Å². The van der Waals surface area contributed by atoms with E-state index in [1.165, 1.54) is 35.6 Å². The van der Waals surface area contributed by atoms with Crippen molar-refractivity contribution in [3.63, 3.8) is 0 Å². The molecule has 9 nitrogen and oxygen atoms in total. The second-order valence-corrected chi connectivity index (χ2v) is 10.9. The largest absolute Gasteiger partial charge is 0.495 e. The number of rotatable bonds is 8. The van der Waals surface area contributed by atoms with E-state index in [0.717, 1.165) is 31.6 Å². The Bertz CT molecular complexity index is 1610. The van der Waals surface area contributed by atoms with E-state index in [1.54, 1.807) is 19.2 Å². The molecule has 0 radical (unpaired) electrons. The van der Waals surface area contributed by atoms with Gasteiger partial charge in [-0.3, -0.25) is 0 Å². The second kappa shape index (κ2) is 11.7. The second-order valence-electron chi connectivity index (χ2n) is 10.9. The molecule has 2 aromatic heterocycles. The SMILES string of the molecule is COc1cc2ncnc(Nc3ccc(Oc4ccnc(N5CC(C(F)(F)F)C5)c4)cc3F)c2cc1NC1CCN(C)CC1. The molecular formula is C30H31F4N7O2. The number of halogens is 4. The Hall–Kier alpha value is -4.39. The van der Waals surface area contributed by atoms with Crippen molar-refractivity contribution in [3.05, 3.63) is 60.8 Å². The molecule has 0 amide bonds. The molecule has 0 bridgehead atoms. The van der Waals surface area contributed by atoms with Crippen molar-refractivity contribution in [3.8, 4) is 17.2 Å². The highest BCUT2D eigenvalue weighted by Crippen LogP contribution is 2.38. The van der Waals surface area contributed by atoms with E-state index < -0.39 is 17.9 Å². The minimum atomic E-state index is -4.23. The van der Waals surface area contributed by atoms with Gasteiger partial charge in [-0.05, 0) is 57.2 Å². The molecule has 4 aromatic rings. The van der Waals surface area contributed by atoms with Crippen LogP contribution in [0.3, 0.4) is 0 Å². The first-order valence-corrected chi connectivity index (χ1v) is 14.0. The third-order valence-electron chi connectivity index (χ3n) is 7.85. The average molecular weight is 598 g/mol. The van der Waals surface area contributed by atoms with Crippen molar-refractivity contribution in [2.45, 2.75) is 25.1 Å². The molecule has 2 aliphatic heterocycles. The number of anilines is 4. The van der Waals surface area contributed by atoms with Gasteiger partial charge in [-0.1, -0.05) is 0 Å². The Morgan fingerprint density at radius 1 is 0.930 bits per heavy atom. The van der Waals surface area contributed by atoms with Crippen LogP contribution in [0.5, 0.6) is 17.2 Å². The molecule has 2 saturated heterocycles. The Morgan fingerprint density at radius 2 is 1.70 bits per heavy atom. The number of alkyl halides is 3. The quantitative estimate of drug-likeness (QED) is 0.230.